The van der Waals surface area contributed by atoms with Crippen molar-refractivity contribution >= 4 is 36.5 Å². The highest BCUT2D eigenvalue weighted by molar-refractivity contribution is 7.78. The number of nitrogens with one attached hydrogen (secondary N) is 2. The third-order valence-electron chi connectivity index (χ3n) is 4.55. The van der Waals surface area contributed by atoms with Crippen LogP contribution in [0, 0.1) is 11.3 Å². The van der Waals surface area contributed by atoms with E-state index < -0.39 is 29.4 Å². The summed E-state index contributed by atoms with van der Waals surface area (Å²) in [4.78, 5) is 50.4. The van der Waals surface area contributed by atoms with Crippen LogP contribution in [0.1, 0.15) is 60.3 Å². The quantitative estimate of drug-likeness (QED) is 0.245. The van der Waals surface area contributed by atoms with Crippen molar-refractivity contribution in [1.82, 2.24) is 19.8 Å². The SMILES string of the molecule is CC(C)C[C@@H](C(=O)N[C@H](C(=O)O)C(C)(C)C)N(S)C(=O)CCCCNC(=O)CN(C)C. The summed E-state index contributed by atoms with van der Waals surface area (Å²) in [6.07, 6.45) is 1.70. The number of carbonyl (C=O) groups excluding carboxylic acids is 3. The number of aliphatic carboxylic acids is 1. The lowest BCUT2D eigenvalue weighted by atomic mass is 9.86. The Labute approximate surface area is 191 Å². The minimum absolute atomic E-state index is 0.0763. The molecule has 2 atom stereocenters. The van der Waals surface area contributed by atoms with Crippen LogP contribution in [-0.2, 0) is 19.2 Å². The summed E-state index contributed by atoms with van der Waals surface area (Å²) in [5, 5.41) is 14.8. The molecule has 0 aliphatic carbocycles. The summed E-state index contributed by atoms with van der Waals surface area (Å²) in [7, 11) is 3.62. The first-order valence-corrected chi connectivity index (χ1v) is 11.0. The summed E-state index contributed by atoms with van der Waals surface area (Å²) in [5.41, 5.74) is -0.688. The zero-order chi connectivity index (χ0) is 24.4. The van der Waals surface area contributed by atoms with Gasteiger partial charge in [0.1, 0.15) is 12.1 Å². The van der Waals surface area contributed by atoms with E-state index in [2.05, 4.69) is 23.4 Å². The molecule has 0 radical (unpaired) electrons. The van der Waals surface area contributed by atoms with E-state index in [0.717, 1.165) is 4.31 Å². The van der Waals surface area contributed by atoms with Crippen molar-refractivity contribution in [3.63, 3.8) is 0 Å². The monoisotopic (exact) mass is 460 g/mol. The fraction of sp³-hybridized carbons (Fsp3) is 0.810. The fourth-order valence-electron chi connectivity index (χ4n) is 2.91. The van der Waals surface area contributed by atoms with Gasteiger partial charge >= 0.3 is 5.97 Å². The fourth-order valence-corrected chi connectivity index (χ4v) is 3.21. The molecule has 0 saturated carbocycles. The lowest BCUT2D eigenvalue weighted by molar-refractivity contribution is -0.146. The molecule has 31 heavy (non-hydrogen) atoms. The Morgan fingerprint density at radius 1 is 1.06 bits per heavy atom. The number of carboxylic acid groups (broad SMARTS) is 1. The Bertz CT molecular complexity index is 619. The molecule has 0 spiro atoms. The third-order valence-corrected chi connectivity index (χ3v) is 5.05. The van der Waals surface area contributed by atoms with Crippen molar-refractivity contribution < 1.29 is 24.3 Å². The Morgan fingerprint density at radius 3 is 2.10 bits per heavy atom. The van der Waals surface area contributed by atoms with Crippen LogP contribution < -0.4 is 10.6 Å². The Balaban J connectivity index is 4.87. The molecule has 0 aliphatic rings. The van der Waals surface area contributed by atoms with Gasteiger partial charge in [0.05, 0.1) is 6.54 Å². The molecule has 180 valence electrons. The number of rotatable bonds is 13. The molecule has 10 heteroatoms. The van der Waals surface area contributed by atoms with E-state index in [1.54, 1.807) is 25.7 Å². The molecule has 0 aromatic rings. The molecular formula is C21H40N4O5S. The number of hydrogen-bond acceptors (Lipinski definition) is 6. The summed E-state index contributed by atoms with van der Waals surface area (Å²) >= 11 is 4.28. The van der Waals surface area contributed by atoms with Gasteiger partial charge in [-0.15, -0.1) is 0 Å². The second-order valence-corrected chi connectivity index (χ2v) is 10.0. The van der Waals surface area contributed by atoms with Gasteiger partial charge in [-0.2, -0.15) is 0 Å². The van der Waals surface area contributed by atoms with Gasteiger partial charge in [0, 0.05) is 13.0 Å². The van der Waals surface area contributed by atoms with Crippen LogP contribution in [0.4, 0.5) is 0 Å². The second kappa shape index (κ2) is 13.6. The van der Waals surface area contributed by atoms with E-state index in [9.17, 15) is 24.3 Å². The van der Waals surface area contributed by atoms with E-state index in [1.807, 2.05) is 27.9 Å². The molecular weight excluding hydrogens is 420 g/mol. The number of nitrogens with zero attached hydrogens (tertiary/aromatic N) is 2. The average molecular weight is 461 g/mol. The highest BCUT2D eigenvalue weighted by atomic mass is 32.1. The largest absolute Gasteiger partial charge is 0.480 e. The van der Waals surface area contributed by atoms with Gasteiger partial charge in [-0.3, -0.25) is 18.7 Å². The molecule has 0 aliphatic heterocycles. The smallest absolute Gasteiger partial charge is 0.326 e. The number of amides is 3. The number of thiol groups is 1. The Kier molecular flexibility index (Phi) is 12.8. The molecule has 0 heterocycles. The molecule has 0 unspecified atom stereocenters. The topological polar surface area (TPSA) is 119 Å². The van der Waals surface area contributed by atoms with Crippen LogP contribution in [0.25, 0.3) is 0 Å². The zero-order valence-corrected chi connectivity index (χ0v) is 20.8. The maximum Gasteiger partial charge on any atom is 0.326 e. The van der Waals surface area contributed by atoms with Gasteiger partial charge in [0.2, 0.25) is 17.7 Å². The first-order valence-electron chi connectivity index (χ1n) is 10.6. The number of likely N-dealkylation sites (N-methyl/N-ethyl adjacent to an activating group) is 1. The van der Waals surface area contributed by atoms with Crippen molar-refractivity contribution in [3.05, 3.63) is 0 Å². The van der Waals surface area contributed by atoms with E-state index >= 15 is 0 Å². The van der Waals surface area contributed by atoms with Crippen LogP contribution in [0.3, 0.4) is 0 Å². The van der Waals surface area contributed by atoms with Gasteiger partial charge in [-0.05, 0) is 44.7 Å². The molecule has 9 nitrogen and oxygen atoms in total. The zero-order valence-electron chi connectivity index (χ0n) is 19.9. The van der Waals surface area contributed by atoms with Crippen LogP contribution >= 0.6 is 12.8 Å². The number of hydrogen-bond donors (Lipinski definition) is 4. The van der Waals surface area contributed by atoms with Crippen molar-refractivity contribution in [2.24, 2.45) is 11.3 Å². The number of carbonyl (C=O) groups is 4. The van der Waals surface area contributed by atoms with E-state index in [1.165, 1.54) is 0 Å². The molecule has 0 saturated heterocycles. The summed E-state index contributed by atoms with van der Waals surface area (Å²) in [6, 6.07) is -1.96. The second-order valence-electron chi connectivity index (χ2n) is 9.57. The summed E-state index contributed by atoms with van der Waals surface area (Å²) in [5.74, 6) is -1.95. The van der Waals surface area contributed by atoms with Gasteiger partial charge in [-0.25, -0.2) is 4.79 Å². The molecule has 0 bridgehead atoms. The predicted octanol–water partition coefficient (Wildman–Crippen LogP) is 1.54. The molecule has 0 fully saturated rings. The molecule has 3 amide bonds. The Hall–Kier alpha value is -1.81. The molecule has 3 N–H and O–H groups in total. The van der Waals surface area contributed by atoms with Crippen LogP contribution in [0.2, 0.25) is 0 Å². The van der Waals surface area contributed by atoms with Crippen LogP contribution in [0.5, 0.6) is 0 Å². The van der Waals surface area contributed by atoms with E-state index in [0.29, 0.717) is 32.4 Å². The van der Waals surface area contributed by atoms with Crippen molar-refractivity contribution in [2.45, 2.75) is 72.4 Å². The average Bonchev–Trinajstić information content (AvgIpc) is 2.60. The first kappa shape index (κ1) is 29.2. The minimum Gasteiger partial charge on any atom is -0.480 e. The summed E-state index contributed by atoms with van der Waals surface area (Å²) in [6.45, 7) is 9.79. The predicted molar refractivity (Wildman–Crippen MR) is 124 cm³/mol. The summed E-state index contributed by atoms with van der Waals surface area (Å²) < 4.78 is 1.11. The van der Waals surface area contributed by atoms with Crippen molar-refractivity contribution in [2.75, 3.05) is 27.2 Å². The normalized spacial score (nSPS) is 13.6. The van der Waals surface area contributed by atoms with Crippen molar-refractivity contribution in [3.8, 4) is 0 Å². The lowest BCUT2D eigenvalue weighted by Gasteiger charge is -2.32. The maximum absolute atomic E-state index is 12.9. The van der Waals surface area contributed by atoms with Gasteiger partial charge in [0.15, 0.2) is 0 Å². The minimum atomic E-state index is -1.13. The lowest BCUT2D eigenvalue weighted by Crippen LogP contribution is -2.55. The van der Waals surface area contributed by atoms with Gasteiger partial charge in [-0.1, -0.05) is 47.4 Å². The van der Waals surface area contributed by atoms with Crippen LogP contribution in [0.15, 0.2) is 0 Å². The molecule has 0 aromatic heterocycles. The highest BCUT2D eigenvalue weighted by Crippen LogP contribution is 2.22. The van der Waals surface area contributed by atoms with Crippen LogP contribution in [-0.4, -0.2) is 77.3 Å². The first-order chi connectivity index (χ1) is 14.2. The van der Waals surface area contributed by atoms with E-state index in [-0.39, 0.29) is 24.2 Å². The maximum atomic E-state index is 12.9. The van der Waals surface area contributed by atoms with Crippen molar-refractivity contribution in [1.29, 1.82) is 0 Å². The number of carboxylic acids is 1. The standard InChI is InChI=1S/C21H40N4O5S/c1-14(2)12-15(19(28)23-18(20(29)30)21(3,4)5)25(31)17(27)10-8-9-11-22-16(26)13-24(6)7/h14-15,18,31H,8-13H2,1-7H3,(H,22,26)(H,23,28)(H,29,30)/t15-,18+/m0/s1. The Morgan fingerprint density at radius 2 is 1.65 bits per heavy atom. The van der Waals surface area contributed by atoms with Gasteiger partial charge < -0.3 is 20.6 Å². The third kappa shape index (κ3) is 12.0. The highest BCUT2D eigenvalue weighted by Gasteiger charge is 2.36. The molecule has 0 rings (SSSR count). The molecule has 0 aromatic carbocycles. The number of unbranched alkanes of at least 4 members (excludes halogenated alkanes) is 1. The van der Waals surface area contributed by atoms with E-state index in [4.69, 9.17) is 0 Å². The van der Waals surface area contributed by atoms with Gasteiger partial charge in [0.25, 0.3) is 0 Å².